The Bertz CT molecular complexity index is 412. The SMILES string of the molecule is CC(=O)OC1C(O)OC(CI)[C@@H](OC(C)=O)C1OC(C)=O. The zero-order chi connectivity index (χ0) is 16.2. The number of rotatable bonds is 4. The first-order valence-electron chi connectivity index (χ1n) is 6.17. The van der Waals surface area contributed by atoms with E-state index in [9.17, 15) is 19.5 Å². The van der Waals surface area contributed by atoms with Crippen LogP contribution >= 0.6 is 22.6 Å². The fourth-order valence-corrected chi connectivity index (χ4v) is 2.70. The van der Waals surface area contributed by atoms with Crippen molar-refractivity contribution >= 4 is 40.5 Å². The number of esters is 3. The molecule has 0 bridgehead atoms. The molecule has 1 heterocycles. The average molecular weight is 416 g/mol. The molecule has 1 aliphatic rings. The van der Waals surface area contributed by atoms with Gasteiger partial charge in [-0.15, -0.1) is 0 Å². The lowest BCUT2D eigenvalue weighted by atomic mass is 9.99. The molecule has 1 fully saturated rings. The van der Waals surface area contributed by atoms with Gasteiger partial charge in [-0.05, 0) is 0 Å². The van der Waals surface area contributed by atoms with Crippen molar-refractivity contribution in [2.45, 2.75) is 51.5 Å². The van der Waals surface area contributed by atoms with Crippen molar-refractivity contribution in [1.82, 2.24) is 0 Å². The Kier molecular flexibility index (Phi) is 6.81. The van der Waals surface area contributed by atoms with E-state index in [-0.39, 0.29) is 0 Å². The second kappa shape index (κ2) is 7.90. The Balaban J connectivity index is 3.08. The van der Waals surface area contributed by atoms with Gasteiger partial charge in [-0.25, -0.2) is 0 Å². The minimum Gasteiger partial charge on any atom is -0.456 e. The summed E-state index contributed by atoms with van der Waals surface area (Å²) < 4.78 is 20.8. The Morgan fingerprint density at radius 3 is 1.81 bits per heavy atom. The summed E-state index contributed by atoms with van der Waals surface area (Å²) >= 11 is 1.98. The summed E-state index contributed by atoms with van der Waals surface area (Å²) in [6, 6.07) is 0. The molecule has 1 aliphatic heterocycles. The van der Waals surface area contributed by atoms with E-state index in [1.54, 1.807) is 0 Å². The van der Waals surface area contributed by atoms with Gasteiger partial charge < -0.3 is 24.1 Å². The second-order valence-corrected chi connectivity index (χ2v) is 5.32. The van der Waals surface area contributed by atoms with Gasteiger partial charge in [-0.1, -0.05) is 22.6 Å². The summed E-state index contributed by atoms with van der Waals surface area (Å²) in [4.78, 5) is 33.6. The fourth-order valence-electron chi connectivity index (χ4n) is 2.00. The summed E-state index contributed by atoms with van der Waals surface area (Å²) in [7, 11) is 0. The number of alkyl halides is 1. The van der Waals surface area contributed by atoms with Gasteiger partial charge in [-0.3, -0.25) is 14.4 Å². The first-order valence-corrected chi connectivity index (χ1v) is 7.70. The zero-order valence-electron chi connectivity index (χ0n) is 11.8. The molecule has 1 rings (SSSR count). The molecule has 1 saturated heterocycles. The molecule has 0 aromatic heterocycles. The van der Waals surface area contributed by atoms with E-state index >= 15 is 0 Å². The number of hydrogen-bond acceptors (Lipinski definition) is 8. The smallest absolute Gasteiger partial charge is 0.303 e. The molecule has 0 aromatic rings. The van der Waals surface area contributed by atoms with Gasteiger partial charge in [0, 0.05) is 25.2 Å². The van der Waals surface area contributed by atoms with Gasteiger partial charge >= 0.3 is 17.9 Å². The van der Waals surface area contributed by atoms with Crippen molar-refractivity contribution in [1.29, 1.82) is 0 Å². The standard InChI is InChI=1S/C12H17IO8/c1-5(14)18-9-8(4-13)21-12(17)11(20-7(3)16)10(9)19-6(2)15/h8-12,17H,4H2,1-3H3/t8?,9-,10?,11?,12?/m1/s1. The molecule has 1 N–H and O–H groups in total. The highest BCUT2D eigenvalue weighted by Crippen LogP contribution is 2.28. The van der Waals surface area contributed by atoms with Crippen molar-refractivity contribution in [3.63, 3.8) is 0 Å². The number of carbonyl (C=O) groups is 3. The zero-order valence-corrected chi connectivity index (χ0v) is 13.9. The molecule has 120 valence electrons. The lowest BCUT2D eigenvalue weighted by molar-refractivity contribution is -0.286. The predicted molar refractivity (Wildman–Crippen MR) is 76.4 cm³/mol. The van der Waals surface area contributed by atoms with Crippen LogP contribution in [-0.2, 0) is 33.3 Å². The number of halogens is 1. The van der Waals surface area contributed by atoms with Crippen molar-refractivity contribution in [2.24, 2.45) is 0 Å². The number of aliphatic hydroxyl groups excluding tert-OH is 1. The van der Waals surface area contributed by atoms with Crippen LogP contribution < -0.4 is 0 Å². The van der Waals surface area contributed by atoms with Crippen molar-refractivity contribution in [3.8, 4) is 0 Å². The Labute approximate surface area is 135 Å². The van der Waals surface area contributed by atoms with E-state index in [4.69, 9.17) is 18.9 Å². The molecule has 21 heavy (non-hydrogen) atoms. The molecule has 0 aliphatic carbocycles. The highest BCUT2D eigenvalue weighted by molar-refractivity contribution is 14.1. The van der Waals surface area contributed by atoms with Crippen LogP contribution in [0.2, 0.25) is 0 Å². The highest BCUT2D eigenvalue weighted by atomic mass is 127. The summed E-state index contributed by atoms with van der Waals surface area (Å²) in [6.07, 6.45) is -5.56. The maximum atomic E-state index is 11.2. The summed E-state index contributed by atoms with van der Waals surface area (Å²) in [5.74, 6) is -1.95. The van der Waals surface area contributed by atoms with E-state index in [2.05, 4.69) is 0 Å². The third kappa shape index (κ3) is 5.08. The van der Waals surface area contributed by atoms with Crippen LogP contribution in [0.5, 0.6) is 0 Å². The predicted octanol–water partition coefficient (Wildman–Crippen LogP) is -0.0663. The van der Waals surface area contributed by atoms with Gasteiger partial charge in [0.2, 0.25) is 0 Å². The van der Waals surface area contributed by atoms with E-state index in [1.807, 2.05) is 22.6 Å². The highest BCUT2D eigenvalue weighted by Gasteiger charge is 2.50. The van der Waals surface area contributed by atoms with E-state index < -0.39 is 48.6 Å². The van der Waals surface area contributed by atoms with Gasteiger partial charge in [-0.2, -0.15) is 0 Å². The molecule has 8 nitrogen and oxygen atoms in total. The Morgan fingerprint density at radius 2 is 1.38 bits per heavy atom. The maximum Gasteiger partial charge on any atom is 0.303 e. The third-order valence-electron chi connectivity index (χ3n) is 2.67. The fraction of sp³-hybridized carbons (Fsp3) is 0.750. The minimum absolute atomic E-state index is 0.372. The van der Waals surface area contributed by atoms with Crippen LogP contribution in [0.3, 0.4) is 0 Å². The van der Waals surface area contributed by atoms with Crippen molar-refractivity contribution in [2.75, 3.05) is 4.43 Å². The van der Waals surface area contributed by atoms with E-state index in [0.717, 1.165) is 13.8 Å². The lowest BCUT2D eigenvalue weighted by Crippen LogP contribution is -2.61. The Morgan fingerprint density at radius 1 is 0.952 bits per heavy atom. The number of carbonyl (C=O) groups excluding carboxylic acids is 3. The van der Waals surface area contributed by atoms with Crippen LogP contribution in [0.1, 0.15) is 20.8 Å². The molecule has 4 unspecified atom stereocenters. The van der Waals surface area contributed by atoms with Gasteiger partial charge in [0.25, 0.3) is 0 Å². The number of ether oxygens (including phenoxy) is 4. The molecule has 0 aromatic carbocycles. The average Bonchev–Trinajstić information content (AvgIpc) is 2.35. The van der Waals surface area contributed by atoms with Crippen molar-refractivity contribution in [3.05, 3.63) is 0 Å². The lowest BCUT2D eigenvalue weighted by Gasteiger charge is -2.42. The first kappa shape index (κ1) is 18.1. The van der Waals surface area contributed by atoms with Crippen LogP contribution in [0, 0.1) is 0 Å². The molecule has 5 atom stereocenters. The topological polar surface area (TPSA) is 108 Å². The molecule has 0 amide bonds. The monoisotopic (exact) mass is 416 g/mol. The first-order chi connectivity index (χ1) is 9.76. The second-order valence-electron chi connectivity index (χ2n) is 4.44. The summed E-state index contributed by atoms with van der Waals surface area (Å²) in [6.45, 7) is 3.50. The van der Waals surface area contributed by atoms with Crippen LogP contribution in [0.4, 0.5) is 0 Å². The van der Waals surface area contributed by atoms with E-state index in [1.165, 1.54) is 6.92 Å². The van der Waals surface area contributed by atoms with Gasteiger partial charge in [0.15, 0.2) is 24.6 Å². The molecule has 0 spiro atoms. The maximum absolute atomic E-state index is 11.2. The molecule has 0 radical (unpaired) electrons. The summed E-state index contributed by atoms with van der Waals surface area (Å²) in [5, 5.41) is 9.92. The van der Waals surface area contributed by atoms with E-state index in [0.29, 0.717) is 4.43 Å². The largest absolute Gasteiger partial charge is 0.456 e. The van der Waals surface area contributed by atoms with Crippen LogP contribution in [-0.4, -0.2) is 58.1 Å². The molecular weight excluding hydrogens is 399 g/mol. The van der Waals surface area contributed by atoms with Crippen molar-refractivity contribution < 1.29 is 38.4 Å². The Hall–Kier alpha value is -0.940. The summed E-state index contributed by atoms with van der Waals surface area (Å²) in [5.41, 5.74) is 0. The van der Waals surface area contributed by atoms with Crippen LogP contribution in [0.25, 0.3) is 0 Å². The van der Waals surface area contributed by atoms with Gasteiger partial charge in [0.05, 0.1) is 0 Å². The molecule has 0 saturated carbocycles. The third-order valence-corrected chi connectivity index (χ3v) is 3.54. The van der Waals surface area contributed by atoms with Crippen LogP contribution in [0.15, 0.2) is 0 Å². The normalized spacial score (nSPS) is 32.1. The number of hydrogen-bond donors (Lipinski definition) is 1. The molecular formula is C12H17IO8. The quantitative estimate of drug-likeness (QED) is 0.294. The molecule has 9 heteroatoms. The number of aliphatic hydroxyl groups is 1. The van der Waals surface area contributed by atoms with Gasteiger partial charge in [0.1, 0.15) is 6.10 Å². The minimum atomic E-state index is -1.48.